The molecular weight excluding hydrogens is 298 g/mol. The number of anilines is 1. The number of nitrogens with one attached hydrogen (secondary N) is 1. The van der Waals surface area contributed by atoms with Gasteiger partial charge in [-0.25, -0.2) is 4.68 Å². The minimum Gasteiger partial charge on any atom is -0.396 e. The van der Waals surface area contributed by atoms with Crippen molar-refractivity contribution >= 4 is 21.6 Å². The number of halogens is 1. The van der Waals surface area contributed by atoms with Crippen LogP contribution in [0.25, 0.3) is 0 Å². The molecule has 18 heavy (non-hydrogen) atoms. The van der Waals surface area contributed by atoms with Crippen LogP contribution < -0.4 is 10.9 Å². The SMILES string of the molecule is CC(C)n1ncc(NC(C)(C)CCO)c(Br)c1=O. The lowest BCUT2D eigenvalue weighted by Gasteiger charge is -2.27. The van der Waals surface area contributed by atoms with Gasteiger partial charge in [-0.05, 0) is 50.0 Å². The van der Waals surface area contributed by atoms with E-state index in [4.69, 9.17) is 5.11 Å². The number of aromatic nitrogens is 2. The predicted molar refractivity (Wildman–Crippen MR) is 76.0 cm³/mol. The number of hydrogen-bond donors (Lipinski definition) is 2. The van der Waals surface area contributed by atoms with Crippen molar-refractivity contribution in [1.29, 1.82) is 0 Å². The van der Waals surface area contributed by atoms with Crippen LogP contribution in [0.3, 0.4) is 0 Å². The third kappa shape index (κ3) is 3.55. The van der Waals surface area contributed by atoms with Gasteiger partial charge in [0.25, 0.3) is 5.56 Å². The van der Waals surface area contributed by atoms with Crippen molar-refractivity contribution in [3.8, 4) is 0 Å². The molecule has 2 N–H and O–H groups in total. The molecular formula is C12H20BrN3O2. The maximum Gasteiger partial charge on any atom is 0.283 e. The minimum atomic E-state index is -0.296. The lowest BCUT2D eigenvalue weighted by atomic mass is 10.0. The highest BCUT2D eigenvalue weighted by molar-refractivity contribution is 9.10. The van der Waals surface area contributed by atoms with E-state index < -0.39 is 0 Å². The van der Waals surface area contributed by atoms with E-state index in [9.17, 15) is 4.79 Å². The third-order valence-electron chi connectivity index (χ3n) is 2.64. The number of hydrogen-bond acceptors (Lipinski definition) is 4. The quantitative estimate of drug-likeness (QED) is 0.873. The molecule has 0 radical (unpaired) electrons. The maximum absolute atomic E-state index is 12.0. The molecule has 0 saturated heterocycles. The second kappa shape index (κ2) is 5.84. The van der Waals surface area contributed by atoms with Crippen molar-refractivity contribution in [2.24, 2.45) is 0 Å². The Bertz CT molecular complexity index is 469. The predicted octanol–water partition coefficient (Wildman–Crippen LogP) is 2.16. The zero-order valence-corrected chi connectivity index (χ0v) is 12.8. The molecule has 0 unspecified atom stereocenters. The van der Waals surface area contributed by atoms with E-state index >= 15 is 0 Å². The second-order valence-corrected chi connectivity index (χ2v) is 5.99. The fourth-order valence-electron chi connectivity index (χ4n) is 1.61. The molecule has 1 aromatic rings. The van der Waals surface area contributed by atoms with Gasteiger partial charge in [0.05, 0.1) is 17.9 Å². The molecule has 0 aromatic carbocycles. The first kappa shape index (κ1) is 15.2. The first-order valence-corrected chi connectivity index (χ1v) is 6.74. The Morgan fingerprint density at radius 2 is 2.17 bits per heavy atom. The van der Waals surface area contributed by atoms with Gasteiger partial charge in [-0.2, -0.15) is 5.10 Å². The largest absolute Gasteiger partial charge is 0.396 e. The van der Waals surface area contributed by atoms with Crippen molar-refractivity contribution in [2.45, 2.75) is 45.7 Å². The standard InChI is InChI=1S/C12H20BrN3O2/c1-8(2)16-11(18)10(13)9(7-14-16)15-12(3,4)5-6-17/h7-8,15,17H,5-6H2,1-4H3. The van der Waals surface area contributed by atoms with Crippen LogP contribution in [-0.2, 0) is 0 Å². The lowest BCUT2D eigenvalue weighted by molar-refractivity contribution is 0.261. The third-order valence-corrected chi connectivity index (χ3v) is 3.41. The van der Waals surface area contributed by atoms with Crippen molar-refractivity contribution in [3.05, 3.63) is 21.0 Å². The summed E-state index contributed by atoms with van der Waals surface area (Å²) in [7, 11) is 0. The van der Waals surface area contributed by atoms with Crippen molar-refractivity contribution < 1.29 is 5.11 Å². The normalized spacial score (nSPS) is 11.9. The van der Waals surface area contributed by atoms with Crippen LogP contribution >= 0.6 is 15.9 Å². The summed E-state index contributed by atoms with van der Waals surface area (Å²) in [4.78, 5) is 12.0. The Morgan fingerprint density at radius 1 is 1.56 bits per heavy atom. The average molecular weight is 318 g/mol. The van der Waals surface area contributed by atoms with E-state index in [0.29, 0.717) is 16.6 Å². The Kier molecular flexibility index (Phi) is 4.92. The van der Waals surface area contributed by atoms with Gasteiger partial charge in [0.15, 0.2) is 0 Å². The van der Waals surface area contributed by atoms with Crippen LogP contribution in [0.4, 0.5) is 5.69 Å². The van der Waals surface area contributed by atoms with Crippen molar-refractivity contribution in [1.82, 2.24) is 9.78 Å². The number of rotatable bonds is 5. The van der Waals surface area contributed by atoms with Gasteiger partial charge in [0.2, 0.25) is 0 Å². The molecule has 0 fully saturated rings. The molecule has 0 saturated carbocycles. The van der Waals surface area contributed by atoms with Crippen LogP contribution in [0, 0.1) is 0 Å². The molecule has 1 rings (SSSR count). The molecule has 102 valence electrons. The number of nitrogens with zero attached hydrogens (tertiary/aromatic N) is 2. The summed E-state index contributed by atoms with van der Waals surface area (Å²) in [5.74, 6) is 0. The first-order valence-electron chi connectivity index (χ1n) is 5.95. The van der Waals surface area contributed by atoms with Crippen LogP contribution in [0.1, 0.15) is 40.2 Å². The summed E-state index contributed by atoms with van der Waals surface area (Å²) in [6, 6.07) is 0.0216. The molecule has 1 heterocycles. The van der Waals surface area contributed by atoms with E-state index in [1.807, 2.05) is 27.7 Å². The molecule has 0 atom stereocenters. The second-order valence-electron chi connectivity index (χ2n) is 5.20. The molecule has 0 spiro atoms. The molecule has 1 aromatic heterocycles. The van der Waals surface area contributed by atoms with Gasteiger partial charge < -0.3 is 10.4 Å². The summed E-state index contributed by atoms with van der Waals surface area (Å²) in [6.45, 7) is 7.83. The Hall–Kier alpha value is -0.880. The molecule has 0 aliphatic carbocycles. The van der Waals surface area contributed by atoms with E-state index in [0.717, 1.165) is 0 Å². The monoisotopic (exact) mass is 317 g/mol. The van der Waals surface area contributed by atoms with Crippen molar-refractivity contribution in [3.63, 3.8) is 0 Å². The Morgan fingerprint density at radius 3 is 2.67 bits per heavy atom. The summed E-state index contributed by atoms with van der Waals surface area (Å²) in [5, 5.41) is 16.3. The summed E-state index contributed by atoms with van der Waals surface area (Å²) < 4.78 is 1.89. The summed E-state index contributed by atoms with van der Waals surface area (Å²) in [6.07, 6.45) is 2.22. The highest BCUT2D eigenvalue weighted by atomic mass is 79.9. The lowest BCUT2D eigenvalue weighted by Crippen LogP contribution is -2.34. The molecule has 0 amide bonds. The molecule has 6 heteroatoms. The highest BCUT2D eigenvalue weighted by Crippen LogP contribution is 2.23. The smallest absolute Gasteiger partial charge is 0.283 e. The van der Waals surface area contributed by atoms with Crippen LogP contribution in [0.2, 0.25) is 0 Å². The van der Waals surface area contributed by atoms with Gasteiger partial charge in [-0.1, -0.05) is 0 Å². The van der Waals surface area contributed by atoms with Gasteiger partial charge >= 0.3 is 0 Å². The topological polar surface area (TPSA) is 67.2 Å². The average Bonchev–Trinajstić information content (AvgIpc) is 2.24. The highest BCUT2D eigenvalue weighted by Gasteiger charge is 2.20. The van der Waals surface area contributed by atoms with Crippen molar-refractivity contribution in [2.75, 3.05) is 11.9 Å². The first-order chi connectivity index (χ1) is 8.28. The molecule has 0 aliphatic heterocycles. The maximum atomic E-state index is 12.0. The van der Waals surface area contributed by atoms with E-state index in [1.54, 1.807) is 6.20 Å². The molecule has 0 aliphatic rings. The molecule has 0 bridgehead atoms. The van der Waals surface area contributed by atoms with Crippen LogP contribution in [0.15, 0.2) is 15.5 Å². The van der Waals surface area contributed by atoms with Gasteiger partial charge in [0, 0.05) is 12.1 Å². The van der Waals surface area contributed by atoms with E-state index in [2.05, 4.69) is 26.3 Å². The minimum absolute atomic E-state index is 0.0216. The van der Waals surface area contributed by atoms with Gasteiger partial charge in [0.1, 0.15) is 4.47 Å². The van der Waals surface area contributed by atoms with Crippen LogP contribution in [-0.4, -0.2) is 27.0 Å². The number of aliphatic hydroxyl groups excluding tert-OH is 1. The Balaban J connectivity index is 3.07. The summed E-state index contributed by atoms with van der Waals surface area (Å²) >= 11 is 3.30. The van der Waals surface area contributed by atoms with E-state index in [-0.39, 0.29) is 23.7 Å². The summed E-state index contributed by atoms with van der Waals surface area (Å²) in [5.41, 5.74) is 0.195. The fourth-order valence-corrected chi connectivity index (χ4v) is 1.99. The molecule has 5 nitrogen and oxygen atoms in total. The zero-order chi connectivity index (χ0) is 13.9. The van der Waals surface area contributed by atoms with Crippen LogP contribution in [0.5, 0.6) is 0 Å². The van der Waals surface area contributed by atoms with E-state index in [1.165, 1.54) is 4.68 Å². The zero-order valence-electron chi connectivity index (χ0n) is 11.2. The number of aliphatic hydroxyl groups is 1. The van der Waals surface area contributed by atoms with Gasteiger partial charge in [-0.15, -0.1) is 0 Å². The Labute approximate surface area is 115 Å². The van der Waals surface area contributed by atoms with Gasteiger partial charge in [-0.3, -0.25) is 4.79 Å². The fraction of sp³-hybridized carbons (Fsp3) is 0.667.